The van der Waals surface area contributed by atoms with Gasteiger partial charge in [-0.1, -0.05) is 32.0 Å². The Bertz CT molecular complexity index is 1180. The molecule has 180 valence electrons. The van der Waals surface area contributed by atoms with E-state index < -0.39 is 23.8 Å². The van der Waals surface area contributed by atoms with Gasteiger partial charge in [0.2, 0.25) is 5.91 Å². The van der Waals surface area contributed by atoms with Gasteiger partial charge in [-0.3, -0.25) is 14.0 Å². The van der Waals surface area contributed by atoms with Gasteiger partial charge in [0.15, 0.2) is 11.5 Å². The third-order valence-electron chi connectivity index (χ3n) is 5.95. The molecule has 4 rings (SSSR count). The van der Waals surface area contributed by atoms with Crippen LogP contribution in [-0.2, 0) is 11.0 Å². The van der Waals surface area contributed by atoms with Crippen molar-refractivity contribution in [3.05, 3.63) is 65.6 Å². The van der Waals surface area contributed by atoms with E-state index in [1.165, 1.54) is 16.7 Å². The molecule has 3 heterocycles. The van der Waals surface area contributed by atoms with Crippen LogP contribution in [0, 0.1) is 5.92 Å². The molecule has 2 atom stereocenters. The molecule has 1 aliphatic heterocycles. The van der Waals surface area contributed by atoms with Crippen LogP contribution in [0.3, 0.4) is 0 Å². The fourth-order valence-electron chi connectivity index (χ4n) is 4.41. The maximum atomic E-state index is 13.6. The molecule has 7 nitrogen and oxygen atoms in total. The summed E-state index contributed by atoms with van der Waals surface area (Å²) in [7, 11) is 0. The first-order valence-electron chi connectivity index (χ1n) is 11.2. The Hall–Kier alpha value is -3.43. The van der Waals surface area contributed by atoms with Crippen LogP contribution in [0.5, 0.6) is 0 Å². The van der Waals surface area contributed by atoms with Crippen LogP contribution in [-0.4, -0.2) is 43.9 Å². The van der Waals surface area contributed by atoms with Crippen molar-refractivity contribution < 1.29 is 22.8 Å². The molecule has 1 N–H and O–H groups in total. The number of halogens is 3. The lowest BCUT2D eigenvalue weighted by Crippen LogP contribution is -2.49. The molecule has 10 heteroatoms. The van der Waals surface area contributed by atoms with Crippen molar-refractivity contribution in [1.82, 2.24) is 24.8 Å². The average molecular weight is 473 g/mol. The molecule has 0 radical (unpaired) electrons. The normalized spacial score (nSPS) is 17.4. The number of amides is 2. The molecule has 3 aromatic rings. The minimum atomic E-state index is -4.57. The Morgan fingerprint density at radius 1 is 1.12 bits per heavy atom. The second kappa shape index (κ2) is 9.44. The summed E-state index contributed by atoms with van der Waals surface area (Å²) in [6.45, 7) is 4.34. The summed E-state index contributed by atoms with van der Waals surface area (Å²) in [5.74, 6) is -0.207. The highest BCUT2D eigenvalue weighted by Gasteiger charge is 2.39. The fraction of sp³-hybridized carbons (Fsp3) is 0.417. The van der Waals surface area contributed by atoms with Crippen molar-refractivity contribution in [2.24, 2.45) is 5.92 Å². The van der Waals surface area contributed by atoms with Crippen LogP contribution in [0.15, 0.2) is 48.7 Å². The SMILES string of the molecule is CC(C)CC(NC(=O)c1ccccc1)C(=O)N1CCCC1c1nnc2c(C(F)(F)F)cccn12. The third kappa shape index (κ3) is 4.76. The Kier molecular flexibility index (Phi) is 6.58. The molecule has 2 aromatic heterocycles. The molecule has 0 saturated carbocycles. The predicted molar refractivity (Wildman–Crippen MR) is 119 cm³/mol. The smallest absolute Gasteiger partial charge is 0.340 e. The lowest BCUT2D eigenvalue weighted by molar-refractivity contribution is -0.137. The van der Waals surface area contributed by atoms with Crippen LogP contribution >= 0.6 is 0 Å². The Balaban J connectivity index is 1.62. The molecule has 1 aliphatic rings. The van der Waals surface area contributed by atoms with Gasteiger partial charge in [-0.05, 0) is 49.4 Å². The number of fused-ring (bicyclic) bond motifs is 1. The number of nitrogens with one attached hydrogen (secondary N) is 1. The summed E-state index contributed by atoms with van der Waals surface area (Å²) in [6, 6.07) is 9.60. The molecule has 1 aromatic carbocycles. The zero-order valence-electron chi connectivity index (χ0n) is 18.9. The highest BCUT2D eigenvalue weighted by atomic mass is 19.4. The number of aromatic nitrogens is 3. The van der Waals surface area contributed by atoms with Crippen LogP contribution in [0.4, 0.5) is 13.2 Å². The van der Waals surface area contributed by atoms with Gasteiger partial charge in [0.1, 0.15) is 11.6 Å². The number of alkyl halides is 3. The Labute approximate surface area is 195 Å². The molecule has 0 bridgehead atoms. The van der Waals surface area contributed by atoms with Gasteiger partial charge in [0.25, 0.3) is 5.91 Å². The van der Waals surface area contributed by atoms with E-state index >= 15 is 0 Å². The van der Waals surface area contributed by atoms with Gasteiger partial charge in [-0.25, -0.2) is 0 Å². The fourth-order valence-corrected chi connectivity index (χ4v) is 4.41. The number of hydrogen-bond acceptors (Lipinski definition) is 4. The zero-order valence-corrected chi connectivity index (χ0v) is 18.9. The summed E-state index contributed by atoms with van der Waals surface area (Å²) in [5, 5.41) is 10.7. The molecule has 34 heavy (non-hydrogen) atoms. The van der Waals surface area contributed by atoms with Crippen molar-refractivity contribution in [2.45, 2.75) is 51.4 Å². The third-order valence-corrected chi connectivity index (χ3v) is 5.95. The van der Waals surface area contributed by atoms with Crippen molar-refractivity contribution in [3.8, 4) is 0 Å². The largest absolute Gasteiger partial charge is 0.420 e. The maximum Gasteiger partial charge on any atom is 0.420 e. The molecule has 0 aliphatic carbocycles. The summed E-state index contributed by atoms with van der Waals surface area (Å²) in [4.78, 5) is 28.0. The monoisotopic (exact) mass is 473 g/mol. The van der Waals surface area contributed by atoms with Crippen LogP contribution in [0.2, 0.25) is 0 Å². The second-order valence-electron chi connectivity index (χ2n) is 8.88. The molecule has 2 amide bonds. The van der Waals surface area contributed by atoms with E-state index in [2.05, 4.69) is 15.5 Å². The van der Waals surface area contributed by atoms with E-state index in [0.717, 1.165) is 6.07 Å². The Morgan fingerprint density at radius 2 is 1.85 bits per heavy atom. The van der Waals surface area contributed by atoms with E-state index in [0.29, 0.717) is 31.4 Å². The van der Waals surface area contributed by atoms with Gasteiger partial charge in [-0.15, -0.1) is 10.2 Å². The second-order valence-corrected chi connectivity index (χ2v) is 8.88. The minimum Gasteiger partial charge on any atom is -0.340 e. The quantitative estimate of drug-likeness (QED) is 0.580. The number of nitrogens with zero attached hydrogens (tertiary/aromatic N) is 4. The molecule has 2 unspecified atom stereocenters. The summed E-state index contributed by atoms with van der Waals surface area (Å²) < 4.78 is 41.5. The molecule has 1 saturated heterocycles. The van der Waals surface area contributed by atoms with E-state index in [9.17, 15) is 22.8 Å². The molecule has 1 fully saturated rings. The van der Waals surface area contributed by atoms with Crippen LogP contribution in [0.1, 0.15) is 60.9 Å². The van der Waals surface area contributed by atoms with E-state index in [1.54, 1.807) is 35.2 Å². The summed E-state index contributed by atoms with van der Waals surface area (Å²) >= 11 is 0. The van der Waals surface area contributed by atoms with Crippen molar-refractivity contribution in [3.63, 3.8) is 0 Å². The number of pyridine rings is 1. The van der Waals surface area contributed by atoms with Gasteiger partial charge in [0.05, 0.1) is 6.04 Å². The van der Waals surface area contributed by atoms with Crippen LogP contribution < -0.4 is 5.32 Å². The number of likely N-dealkylation sites (tertiary alicyclic amines) is 1. The minimum absolute atomic E-state index is 0.134. The van der Waals surface area contributed by atoms with Crippen LogP contribution in [0.25, 0.3) is 5.65 Å². The van der Waals surface area contributed by atoms with Gasteiger partial charge in [-0.2, -0.15) is 13.2 Å². The average Bonchev–Trinajstić information content (AvgIpc) is 3.44. The van der Waals surface area contributed by atoms with Crippen molar-refractivity contribution in [2.75, 3.05) is 6.54 Å². The van der Waals surface area contributed by atoms with Crippen molar-refractivity contribution in [1.29, 1.82) is 0 Å². The molecular formula is C24H26F3N5O2. The summed E-state index contributed by atoms with van der Waals surface area (Å²) in [5.41, 5.74) is -0.719. The standard InChI is InChI=1S/C24H26F3N5O2/c1-15(2)14-18(28-22(33)16-8-4-3-5-9-16)23(34)31-12-7-11-19(31)21-30-29-20-17(24(25,26)27)10-6-13-32(20)21/h3-6,8-10,13,15,18-19H,7,11-12,14H2,1-2H3,(H,28,33). The van der Waals surface area contributed by atoms with Crippen molar-refractivity contribution >= 4 is 17.5 Å². The van der Waals surface area contributed by atoms with E-state index in [4.69, 9.17) is 0 Å². The summed E-state index contributed by atoms with van der Waals surface area (Å²) in [6.07, 6.45) is -1.44. The molecule has 0 spiro atoms. The number of carbonyl (C=O) groups is 2. The van der Waals surface area contributed by atoms with E-state index in [1.807, 2.05) is 13.8 Å². The number of benzene rings is 1. The number of hydrogen-bond donors (Lipinski definition) is 1. The maximum absolute atomic E-state index is 13.6. The first kappa shape index (κ1) is 23.7. The highest BCUT2D eigenvalue weighted by molar-refractivity contribution is 5.97. The molecular weight excluding hydrogens is 447 g/mol. The van der Waals surface area contributed by atoms with Gasteiger partial charge >= 0.3 is 6.18 Å². The Morgan fingerprint density at radius 3 is 2.53 bits per heavy atom. The lowest BCUT2D eigenvalue weighted by Gasteiger charge is -2.29. The lowest BCUT2D eigenvalue weighted by atomic mass is 10.0. The first-order chi connectivity index (χ1) is 16.2. The van der Waals surface area contributed by atoms with Gasteiger partial charge in [0, 0.05) is 18.3 Å². The topological polar surface area (TPSA) is 79.6 Å². The number of rotatable bonds is 6. The highest BCUT2D eigenvalue weighted by Crippen LogP contribution is 2.35. The zero-order chi connectivity index (χ0) is 24.5. The first-order valence-corrected chi connectivity index (χ1v) is 11.2. The number of carbonyl (C=O) groups excluding carboxylic acids is 2. The predicted octanol–water partition coefficient (Wildman–Crippen LogP) is 4.26. The van der Waals surface area contributed by atoms with E-state index in [-0.39, 0.29) is 29.2 Å². The van der Waals surface area contributed by atoms with Gasteiger partial charge < -0.3 is 10.2 Å².